The van der Waals surface area contributed by atoms with Crippen LogP contribution in [-0.2, 0) is 33.3 Å². The first-order valence-electron chi connectivity index (χ1n) is 14.2. The summed E-state index contributed by atoms with van der Waals surface area (Å²) in [6.07, 6.45) is 10.7. The molecule has 0 fully saturated rings. The Hall–Kier alpha value is -4.18. The molecule has 0 saturated carbocycles. The SMILES string of the molecule is C#COCCNC1=C2C[C@@H](C)C[C@H](OC)[C@H](O)[C@@H](C)/C=C(\C)[C@H](OC(N)=O)[C@@H](OC)/C=C\C=C(/C)C(=O)NC(=CC1=O)C2=O. The van der Waals surface area contributed by atoms with Crippen LogP contribution in [0.4, 0.5) is 4.79 Å². The van der Waals surface area contributed by atoms with E-state index in [2.05, 4.69) is 10.6 Å². The van der Waals surface area contributed by atoms with E-state index in [4.69, 9.17) is 31.1 Å². The fraction of sp³-hybridized carbons (Fsp3) is 0.500. The second kappa shape index (κ2) is 17.2. The number of hydrogen-bond acceptors (Lipinski definition) is 10. The van der Waals surface area contributed by atoms with E-state index >= 15 is 0 Å². The number of primary amides is 1. The summed E-state index contributed by atoms with van der Waals surface area (Å²) in [6, 6.07) is 0. The number of aliphatic hydroxyl groups excluding tert-OH is 1. The monoisotopic (exact) mass is 613 g/mol. The molecular formula is C32H43N3O9. The topological polar surface area (TPSA) is 176 Å². The normalized spacial score (nSPS) is 30.5. The lowest BCUT2D eigenvalue weighted by Crippen LogP contribution is -2.38. The first-order chi connectivity index (χ1) is 20.8. The van der Waals surface area contributed by atoms with Gasteiger partial charge in [-0.3, -0.25) is 14.4 Å². The van der Waals surface area contributed by atoms with E-state index in [0.717, 1.165) is 6.08 Å². The maximum atomic E-state index is 13.6. The zero-order valence-corrected chi connectivity index (χ0v) is 26.0. The highest BCUT2D eigenvalue weighted by Gasteiger charge is 2.33. The number of rotatable bonds is 7. The molecule has 12 nitrogen and oxygen atoms in total. The molecule has 0 aromatic rings. The van der Waals surface area contributed by atoms with Crippen LogP contribution in [0.25, 0.3) is 0 Å². The number of carbonyl (C=O) groups is 4. The summed E-state index contributed by atoms with van der Waals surface area (Å²) in [5, 5.41) is 16.8. The van der Waals surface area contributed by atoms with E-state index in [1.54, 1.807) is 26.0 Å². The van der Waals surface area contributed by atoms with Crippen molar-refractivity contribution in [3.63, 3.8) is 0 Å². The molecule has 0 unspecified atom stereocenters. The highest BCUT2D eigenvalue weighted by atomic mass is 16.6. The predicted octanol–water partition coefficient (Wildman–Crippen LogP) is 1.96. The van der Waals surface area contributed by atoms with Crippen LogP contribution in [0.5, 0.6) is 0 Å². The molecule has 6 atom stereocenters. The van der Waals surface area contributed by atoms with Crippen molar-refractivity contribution in [2.24, 2.45) is 17.6 Å². The summed E-state index contributed by atoms with van der Waals surface area (Å²) >= 11 is 0. The zero-order valence-electron chi connectivity index (χ0n) is 26.0. The van der Waals surface area contributed by atoms with Gasteiger partial charge >= 0.3 is 6.09 Å². The maximum absolute atomic E-state index is 13.6. The van der Waals surface area contributed by atoms with Gasteiger partial charge < -0.3 is 40.4 Å². The first-order valence-corrected chi connectivity index (χ1v) is 14.2. The quantitative estimate of drug-likeness (QED) is 0.144. The number of ether oxygens (including phenoxy) is 4. The predicted molar refractivity (Wildman–Crippen MR) is 162 cm³/mol. The van der Waals surface area contributed by atoms with Crippen molar-refractivity contribution in [3.05, 3.63) is 58.5 Å². The van der Waals surface area contributed by atoms with Crippen LogP contribution in [0.1, 0.15) is 40.5 Å². The van der Waals surface area contributed by atoms with E-state index in [0.29, 0.717) is 12.0 Å². The molecule has 2 bridgehead atoms. The molecule has 1 aliphatic heterocycles. The van der Waals surface area contributed by atoms with E-state index in [-0.39, 0.29) is 48.0 Å². The van der Waals surface area contributed by atoms with Gasteiger partial charge in [-0.1, -0.05) is 44.6 Å². The minimum absolute atomic E-state index is 0.0918. The molecule has 2 rings (SSSR count). The van der Waals surface area contributed by atoms with E-state index in [9.17, 15) is 24.3 Å². The van der Waals surface area contributed by atoms with E-state index in [1.165, 1.54) is 33.3 Å². The van der Waals surface area contributed by atoms with Crippen LogP contribution in [0, 0.1) is 24.4 Å². The van der Waals surface area contributed by atoms with Gasteiger partial charge in [-0.05, 0) is 38.2 Å². The van der Waals surface area contributed by atoms with E-state index < -0.39 is 53.9 Å². The summed E-state index contributed by atoms with van der Waals surface area (Å²) < 4.78 is 21.5. The van der Waals surface area contributed by atoms with Crippen LogP contribution in [0.15, 0.2) is 58.5 Å². The number of amides is 2. The molecule has 0 aromatic heterocycles. The fourth-order valence-electron chi connectivity index (χ4n) is 5.06. The summed E-state index contributed by atoms with van der Waals surface area (Å²) in [7, 11) is 2.90. The van der Waals surface area contributed by atoms with Gasteiger partial charge in [0.25, 0.3) is 5.91 Å². The molecule has 0 saturated heterocycles. The Morgan fingerprint density at radius 1 is 1.20 bits per heavy atom. The van der Waals surface area contributed by atoms with Gasteiger partial charge in [0.2, 0.25) is 11.6 Å². The maximum Gasteiger partial charge on any atom is 0.405 e. The lowest BCUT2D eigenvalue weighted by atomic mass is 9.85. The van der Waals surface area contributed by atoms with Gasteiger partial charge in [0.15, 0.2) is 6.10 Å². The number of fused-ring (bicyclic) bond motifs is 2. The molecule has 0 spiro atoms. The molecule has 2 amide bonds. The molecule has 1 heterocycles. The number of ketones is 2. The summed E-state index contributed by atoms with van der Waals surface area (Å²) in [4.78, 5) is 51.5. The van der Waals surface area contributed by atoms with Crippen molar-refractivity contribution >= 4 is 23.6 Å². The molecule has 44 heavy (non-hydrogen) atoms. The highest BCUT2D eigenvalue weighted by molar-refractivity contribution is 6.23. The lowest BCUT2D eigenvalue weighted by molar-refractivity contribution is -0.120. The van der Waals surface area contributed by atoms with Crippen molar-refractivity contribution in [2.45, 2.75) is 65.0 Å². The molecule has 0 radical (unpaired) electrons. The third kappa shape index (κ3) is 9.94. The summed E-state index contributed by atoms with van der Waals surface area (Å²) in [6.45, 7) is 7.20. The smallest absolute Gasteiger partial charge is 0.405 e. The van der Waals surface area contributed by atoms with Gasteiger partial charge in [0, 0.05) is 37.4 Å². The Kier molecular flexibility index (Phi) is 14.1. The highest BCUT2D eigenvalue weighted by Crippen LogP contribution is 2.28. The van der Waals surface area contributed by atoms with Gasteiger partial charge in [-0.25, -0.2) is 4.79 Å². The fourth-order valence-corrected chi connectivity index (χ4v) is 5.06. The van der Waals surface area contributed by atoms with Gasteiger partial charge in [0.1, 0.15) is 18.8 Å². The molecule has 12 heteroatoms. The largest absolute Gasteiger partial charge is 0.445 e. The first kappa shape index (κ1) is 36.0. The van der Waals surface area contributed by atoms with Gasteiger partial charge in [-0.15, -0.1) is 0 Å². The van der Waals surface area contributed by atoms with Crippen molar-refractivity contribution < 1.29 is 43.2 Å². The number of Topliss-reactive ketones (excluding diaryl/α,β-unsaturated/α-hetero) is 1. The van der Waals surface area contributed by atoms with Crippen LogP contribution in [0.2, 0.25) is 0 Å². The molecule has 0 aromatic carbocycles. The standard InChI is InChI=1S/C32H43N3O9/c1-8-43-13-12-34-27-22-14-18(2)15-26(42-7)28(37)20(4)16-21(5)30(44-32(33)40)25(41-6)11-9-10-19(3)31(39)35-23(29(22)38)17-24(27)36/h1,9-11,16-18,20,25-26,28,30,34,37H,12-15H2,2-7H3,(H2,33,40)(H,35,39)/b11-9-,19-10+,21-16+/t18-,20+,25+,26+,28-,30+/m1/s1. The number of carbonyl (C=O) groups excluding carboxylic acids is 4. The molecule has 240 valence electrons. The van der Waals surface area contributed by atoms with Crippen molar-refractivity contribution in [3.8, 4) is 12.5 Å². The van der Waals surface area contributed by atoms with Crippen LogP contribution < -0.4 is 16.4 Å². The van der Waals surface area contributed by atoms with Crippen LogP contribution in [-0.4, -0.2) is 80.5 Å². The molecule has 2 aliphatic rings. The Balaban J connectivity index is 2.60. The number of aliphatic hydroxyl groups is 1. The number of nitrogens with one attached hydrogen (secondary N) is 2. The second-order valence-electron chi connectivity index (χ2n) is 10.8. The van der Waals surface area contributed by atoms with Crippen LogP contribution >= 0.6 is 0 Å². The Bertz CT molecular complexity index is 1290. The molecule has 5 N–H and O–H groups in total. The number of allylic oxidation sites excluding steroid dienone is 4. The Morgan fingerprint density at radius 2 is 1.91 bits per heavy atom. The molecule has 1 aliphatic carbocycles. The van der Waals surface area contributed by atoms with E-state index in [1.807, 2.05) is 13.0 Å². The minimum atomic E-state index is -1.01. The Labute approximate surface area is 258 Å². The summed E-state index contributed by atoms with van der Waals surface area (Å²) in [5.74, 6) is -2.31. The lowest BCUT2D eigenvalue weighted by Gasteiger charge is -2.30. The van der Waals surface area contributed by atoms with Crippen LogP contribution in [0.3, 0.4) is 0 Å². The minimum Gasteiger partial charge on any atom is -0.445 e. The van der Waals surface area contributed by atoms with Crippen molar-refractivity contribution in [2.75, 3.05) is 27.4 Å². The Morgan fingerprint density at radius 3 is 2.52 bits per heavy atom. The number of terminal acetylenes is 1. The van der Waals surface area contributed by atoms with Gasteiger partial charge in [0.05, 0.1) is 30.1 Å². The average molecular weight is 614 g/mol. The molecular weight excluding hydrogens is 570 g/mol. The van der Waals surface area contributed by atoms with Gasteiger partial charge in [-0.2, -0.15) is 0 Å². The van der Waals surface area contributed by atoms with Crippen molar-refractivity contribution in [1.82, 2.24) is 10.6 Å². The zero-order chi connectivity index (χ0) is 33.0. The average Bonchev–Trinajstić information content (AvgIpc) is 2.97. The second-order valence-corrected chi connectivity index (χ2v) is 10.8. The van der Waals surface area contributed by atoms with Crippen molar-refractivity contribution in [1.29, 1.82) is 0 Å². The third-order valence-corrected chi connectivity index (χ3v) is 7.38. The summed E-state index contributed by atoms with van der Waals surface area (Å²) in [5.41, 5.74) is 6.25. The number of methoxy groups -OCH3 is 2. The number of nitrogens with two attached hydrogens (primary N) is 1. The third-order valence-electron chi connectivity index (χ3n) is 7.38. The number of hydrogen-bond donors (Lipinski definition) is 4.